The van der Waals surface area contributed by atoms with Crippen molar-refractivity contribution in [2.45, 2.75) is 33.2 Å². The SMILES string of the molecule is CCOC(=O)C1=C(C[NH+]2CCN(c3cc(Cl)ccc3C)CC2)NC(=O)N[C@@H]1CC. The van der Waals surface area contributed by atoms with Gasteiger partial charge in [-0.1, -0.05) is 24.6 Å². The maximum Gasteiger partial charge on any atom is 0.338 e. The van der Waals surface area contributed by atoms with Crippen molar-refractivity contribution >= 4 is 29.3 Å². The number of ether oxygens (including phenoxy) is 1. The summed E-state index contributed by atoms with van der Waals surface area (Å²) in [7, 11) is 0. The minimum atomic E-state index is -0.352. The van der Waals surface area contributed by atoms with Gasteiger partial charge in [0.25, 0.3) is 0 Å². The van der Waals surface area contributed by atoms with Gasteiger partial charge < -0.3 is 25.2 Å². The third-order valence-corrected chi connectivity index (χ3v) is 5.79. The normalized spacial score (nSPS) is 20.3. The first-order chi connectivity index (χ1) is 13.9. The highest BCUT2D eigenvalue weighted by atomic mass is 35.5. The number of nitrogens with zero attached hydrogens (tertiary/aromatic N) is 1. The molecule has 7 nitrogen and oxygen atoms in total. The van der Waals surface area contributed by atoms with Gasteiger partial charge in [-0.2, -0.15) is 0 Å². The van der Waals surface area contributed by atoms with Crippen LogP contribution in [0.4, 0.5) is 10.5 Å². The molecule has 1 aromatic rings. The number of carbonyl (C=O) groups is 2. The van der Waals surface area contributed by atoms with Crippen LogP contribution in [0.1, 0.15) is 25.8 Å². The van der Waals surface area contributed by atoms with Gasteiger partial charge in [0.05, 0.1) is 50.1 Å². The Bertz CT molecular complexity index is 803. The van der Waals surface area contributed by atoms with Crippen LogP contribution in [-0.2, 0) is 9.53 Å². The Morgan fingerprint density at radius 2 is 2.03 bits per heavy atom. The highest BCUT2D eigenvalue weighted by molar-refractivity contribution is 6.30. The van der Waals surface area contributed by atoms with Crippen LogP contribution in [0.3, 0.4) is 0 Å². The summed E-state index contributed by atoms with van der Waals surface area (Å²) in [5.41, 5.74) is 3.61. The molecule has 2 aliphatic heterocycles. The van der Waals surface area contributed by atoms with E-state index in [4.69, 9.17) is 16.3 Å². The first-order valence-corrected chi connectivity index (χ1v) is 10.6. The lowest BCUT2D eigenvalue weighted by Gasteiger charge is -2.36. The number of halogens is 1. The summed E-state index contributed by atoms with van der Waals surface area (Å²) in [6, 6.07) is 5.40. The summed E-state index contributed by atoms with van der Waals surface area (Å²) in [5.74, 6) is -0.352. The Balaban J connectivity index is 1.72. The Labute approximate surface area is 177 Å². The van der Waals surface area contributed by atoms with Crippen molar-refractivity contribution in [2.75, 3.05) is 44.2 Å². The summed E-state index contributed by atoms with van der Waals surface area (Å²) in [4.78, 5) is 28.3. The lowest BCUT2D eigenvalue weighted by atomic mass is 10.00. The molecule has 29 heavy (non-hydrogen) atoms. The van der Waals surface area contributed by atoms with Crippen LogP contribution in [0, 0.1) is 6.92 Å². The Kier molecular flexibility index (Phi) is 7.03. The molecule has 3 rings (SSSR count). The highest BCUT2D eigenvalue weighted by Crippen LogP contribution is 2.24. The molecule has 0 bridgehead atoms. The number of rotatable bonds is 6. The molecule has 0 saturated carbocycles. The fraction of sp³-hybridized carbons (Fsp3) is 0.524. The molecule has 0 aliphatic carbocycles. The van der Waals surface area contributed by atoms with Crippen LogP contribution in [0.2, 0.25) is 5.02 Å². The van der Waals surface area contributed by atoms with Gasteiger partial charge in [0.1, 0.15) is 6.54 Å². The molecule has 0 spiro atoms. The topological polar surface area (TPSA) is 75.1 Å². The molecule has 8 heteroatoms. The third kappa shape index (κ3) is 5.03. The van der Waals surface area contributed by atoms with Crippen molar-refractivity contribution in [2.24, 2.45) is 0 Å². The van der Waals surface area contributed by atoms with E-state index in [2.05, 4.69) is 22.5 Å². The average molecular weight is 422 g/mol. The van der Waals surface area contributed by atoms with Crippen molar-refractivity contribution in [3.05, 3.63) is 40.1 Å². The van der Waals surface area contributed by atoms with E-state index in [1.54, 1.807) is 6.92 Å². The number of esters is 1. The van der Waals surface area contributed by atoms with Crippen molar-refractivity contribution in [1.82, 2.24) is 10.6 Å². The van der Waals surface area contributed by atoms with E-state index >= 15 is 0 Å². The minimum Gasteiger partial charge on any atom is -0.463 e. The highest BCUT2D eigenvalue weighted by Gasteiger charge is 2.34. The average Bonchev–Trinajstić information content (AvgIpc) is 2.70. The van der Waals surface area contributed by atoms with Crippen molar-refractivity contribution in [3.63, 3.8) is 0 Å². The van der Waals surface area contributed by atoms with Gasteiger partial charge in [-0.15, -0.1) is 0 Å². The maximum atomic E-state index is 12.5. The zero-order chi connectivity index (χ0) is 21.0. The molecule has 3 N–H and O–H groups in total. The monoisotopic (exact) mass is 421 g/mol. The summed E-state index contributed by atoms with van der Waals surface area (Å²) >= 11 is 6.18. The molecule has 158 valence electrons. The molecule has 1 aromatic carbocycles. The molecule has 0 aromatic heterocycles. The molecular weight excluding hydrogens is 392 g/mol. The maximum absolute atomic E-state index is 12.5. The Morgan fingerprint density at radius 1 is 1.31 bits per heavy atom. The van der Waals surface area contributed by atoms with Gasteiger partial charge in [-0.05, 0) is 38.0 Å². The minimum absolute atomic E-state index is 0.257. The number of anilines is 1. The number of benzene rings is 1. The van der Waals surface area contributed by atoms with E-state index in [-0.39, 0.29) is 18.0 Å². The number of amides is 2. The van der Waals surface area contributed by atoms with Gasteiger partial charge in [-0.25, -0.2) is 9.59 Å². The first-order valence-electron chi connectivity index (χ1n) is 10.2. The number of quaternary nitrogens is 1. The van der Waals surface area contributed by atoms with Crippen LogP contribution in [0.15, 0.2) is 29.5 Å². The standard InChI is InChI=1S/C21H29ClN4O3/c1-4-16-19(20(27)29-5-2)17(24-21(28)23-16)13-25-8-10-26(11-9-25)18-12-15(22)7-6-14(18)3/h6-7,12,16H,4-5,8-11,13H2,1-3H3,(H2,23,24,28)/p+1/t16-/m1/s1. The Hall–Kier alpha value is -2.25. The molecule has 0 radical (unpaired) electrons. The number of aryl methyl sites for hydroxylation is 1. The molecular formula is C21H30ClN4O3+. The zero-order valence-corrected chi connectivity index (χ0v) is 18.1. The van der Waals surface area contributed by atoms with E-state index in [1.807, 2.05) is 25.1 Å². The van der Waals surface area contributed by atoms with Gasteiger partial charge in [0, 0.05) is 10.7 Å². The first kappa shape index (κ1) is 21.5. The van der Waals surface area contributed by atoms with Crippen LogP contribution >= 0.6 is 11.6 Å². The predicted molar refractivity (Wildman–Crippen MR) is 113 cm³/mol. The lowest BCUT2D eigenvalue weighted by Crippen LogP contribution is -3.15. The molecule has 1 atom stereocenters. The summed E-state index contributed by atoms with van der Waals surface area (Å²) in [6.07, 6.45) is 0.641. The van der Waals surface area contributed by atoms with Gasteiger partial charge in [-0.3, -0.25) is 0 Å². The van der Waals surface area contributed by atoms with Gasteiger partial charge >= 0.3 is 12.0 Å². The van der Waals surface area contributed by atoms with Gasteiger partial charge in [0.15, 0.2) is 0 Å². The summed E-state index contributed by atoms with van der Waals surface area (Å²) in [6.45, 7) is 10.3. The number of hydrogen-bond acceptors (Lipinski definition) is 4. The molecule has 1 saturated heterocycles. The second-order valence-electron chi connectivity index (χ2n) is 7.52. The van der Waals surface area contributed by atoms with Crippen LogP contribution in [0.5, 0.6) is 0 Å². The number of carbonyl (C=O) groups excluding carboxylic acids is 2. The second-order valence-corrected chi connectivity index (χ2v) is 7.95. The van der Waals surface area contributed by atoms with Crippen LogP contribution in [0.25, 0.3) is 0 Å². The van der Waals surface area contributed by atoms with Gasteiger partial charge in [0.2, 0.25) is 0 Å². The number of piperazine rings is 1. The summed E-state index contributed by atoms with van der Waals surface area (Å²) in [5, 5.41) is 6.42. The summed E-state index contributed by atoms with van der Waals surface area (Å²) < 4.78 is 5.25. The number of nitrogens with one attached hydrogen (secondary N) is 3. The van der Waals surface area contributed by atoms with E-state index in [9.17, 15) is 9.59 Å². The molecule has 2 aliphatic rings. The molecule has 2 amide bonds. The number of urea groups is 1. The van der Waals surface area contributed by atoms with Crippen molar-refractivity contribution < 1.29 is 19.2 Å². The van der Waals surface area contributed by atoms with E-state index in [0.717, 1.165) is 31.2 Å². The fourth-order valence-electron chi connectivity index (χ4n) is 4.01. The van der Waals surface area contributed by atoms with E-state index < -0.39 is 0 Å². The lowest BCUT2D eigenvalue weighted by molar-refractivity contribution is -0.896. The van der Waals surface area contributed by atoms with Crippen LogP contribution in [-0.4, -0.2) is 57.4 Å². The largest absolute Gasteiger partial charge is 0.463 e. The van der Waals surface area contributed by atoms with Crippen molar-refractivity contribution in [1.29, 1.82) is 0 Å². The van der Waals surface area contributed by atoms with E-state index in [1.165, 1.54) is 16.2 Å². The zero-order valence-electron chi connectivity index (χ0n) is 17.3. The second kappa shape index (κ2) is 9.50. The van der Waals surface area contributed by atoms with Crippen LogP contribution < -0.4 is 20.4 Å². The third-order valence-electron chi connectivity index (χ3n) is 5.56. The molecule has 2 heterocycles. The predicted octanol–water partition coefficient (Wildman–Crippen LogP) is 1.26. The Morgan fingerprint density at radius 3 is 2.69 bits per heavy atom. The molecule has 0 unspecified atom stereocenters. The van der Waals surface area contributed by atoms with Crippen molar-refractivity contribution in [3.8, 4) is 0 Å². The molecule has 1 fully saturated rings. The number of hydrogen-bond donors (Lipinski definition) is 3. The fourth-order valence-corrected chi connectivity index (χ4v) is 4.18. The smallest absolute Gasteiger partial charge is 0.338 e. The quantitative estimate of drug-likeness (QED) is 0.604. The van der Waals surface area contributed by atoms with E-state index in [0.29, 0.717) is 30.8 Å².